The van der Waals surface area contributed by atoms with Gasteiger partial charge in [0.2, 0.25) is 0 Å². The number of nitrogens with zero attached hydrogens (tertiary/aromatic N) is 1. The van der Waals surface area contributed by atoms with E-state index in [4.69, 9.17) is 5.73 Å². The summed E-state index contributed by atoms with van der Waals surface area (Å²) >= 11 is 1.84. The Balaban J connectivity index is 1.72. The average Bonchev–Trinajstić information content (AvgIpc) is 2.91. The fourth-order valence-electron chi connectivity index (χ4n) is 2.90. The number of hydrogen-bond acceptors (Lipinski definition) is 4. The van der Waals surface area contributed by atoms with Gasteiger partial charge in [-0.25, -0.2) is 0 Å². The SMILES string of the molecule is CC1c2ccsc2CCN1CC(O)c1cccc(N)c1. The van der Waals surface area contributed by atoms with Crippen LogP contribution in [0.25, 0.3) is 0 Å². The molecule has 0 fully saturated rings. The smallest absolute Gasteiger partial charge is 0.0917 e. The van der Waals surface area contributed by atoms with Gasteiger partial charge in [0.05, 0.1) is 6.10 Å². The minimum absolute atomic E-state index is 0.376. The Morgan fingerprint density at radius 3 is 3.10 bits per heavy atom. The van der Waals surface area contributed by atoms with E-state index in [-0.39, 0.29) is 0 Å². The third kappa shape index (κ3) is 2.59. The lowest BCUT2D eigenvalue weighted by atomic mass is 10.00. The van der Waals surface area contributed by atoms with Crippen molar-refractivity contribution >= 4 is 17.0 Å². The molecule has 3 N–H and O–H groups in total. The summed E-state index contributed by atoms with van der Waals surface area (Å²) in [4.78, 5) is 3.84. The molecule has 2 aromatic rings. The van der Waals surface area contributed by atoms with Gasteiger partial charge in [0, 0.05) is 29.7 Å². The zero-order valence-electron chi connectivity index (χ0n) is 11.6. The largest absolute Gasteiger partial charge is 0.399 e. The minimum atomic E-state index is -0.485. The number of nitrogen functional groups attached to an aromatic ring is 1. The average molecular weight is 288 g/mol. The molecule has 3 nitrogen and oxygen atoms in total. The maximum atomic E-state index is 10.4. The van der Waals surface area contributed by atoms with Crippen LogP contribution in [0, 0.1) is 0 Å². The van der Waals surface area contributed by atoms with Crippen molar-refractivity contribution in [2.75, 3.05) is 18.8 Å². The van der Waals surface area contributed by atoms with Gasteiger partial charge in [0.25, 0.3) is 0 Å². The molecule has 0 aliphatic carbocycles. The van der Waals surface area contributed by atoms with Crippen molar-refractivity contribution in [2.45, 2.75) is 25.5 Å². The van der Waals surface area contributed by atoms with Crippen LogP contribution in [0.4, 0.5) is 5.69 Å². The molecule has 20 heavy (non-hydrogen) atoms. The first-order valence-corrected chi connectivity index (χ1v) is 7.87. The van der Waals surface area contributed by atoms with Gasteiger partial charge >= 0.3 is 0 Å². The van der Waals surface area contributed by atoms with E-state index in [2.05, 4.69) is 23.3 Å². The van der Waals surface area contributed by atoms with Gasteiger partial charge in [-0.15, -0.1) is 11.3 Å². The molecule has 0 bridgehead atoms. The van der Waals surface area contributed by atoms with E-state index in [1.165, 1.54) is 10.4 Å². The molecule has 0 amide bonds. The summed E-state index contributed by atoms with van der Waals surface area (Å²) < 4.78 is 0. The van der Waals surface area contributed by atoms with Crippen molar-refractivity contribution in [1.29, 1.82) is 0 Å². The molecule has 0 radical (unpaired) electrons. The van der Waals surface area contributed by atoms with E-state index in [0.717, 1.165) is 18.5 Å². The first kappa shape index (κ1) is 13.6. The molecule has 1 aromatic carbocycles. The van der Waals surface area contributed by atoms with Crippen LogP contribution in [-0.2, 0) is 6.42 Å². The predicted molar refractivity (Wildman–Crippen MR) is 83.8 cm³/mol. The molecule has 2 unspecified atom stereocenters. The van der Waals surface area contributed by atoms with Crippen molar-refractivity contribution in [3.8, 4) is 0 Å². The Hall–Kier alpha value is -1.36. The van der Waals surface area contributed by atoms with Gasteiger partial charge in [-0.3, -0.25) is 4.90 Å². The number of thiophene rings is 1. The van der Waals surface area contributed by atoms with Gasteiger partial charge in [0.15, 0.2) is 0 Å². The highest BCUT2D eigenvalue weighted by atomic mass is 32.1. The predicted octanol–water partition coefficient (Wildman–Crippen LogP) is 2.98. The number of benzene rings is 1. The van der Waals surface area contributed by atoms with Crippen LogP contribution in [0.3, 0.4) is 0 Å². The second-order valence-electron chi connectivity index (χ2n) is 5.41. The lowest BCUT2D eigenvalue weighted by molar-refractivity contribution is 0.0871. The molecular weight excluding hydrogens is 268 g/mol. The molecule has 1 aliphatic heterocycles. The van der Waals surface area contributed by atoms with Crippen LogP contribution in [0.15, 0.2) is 35.7 Å². The van der Waals surface area contributed by atoms with Crippen LogP contribution < -0.4 is 5.73 Å². The number of hydrogen-bond donors (Lipinski definition) is 2. The van der Waals surface area contributed by atoms with Gasteiger partial charge in [0.1, 0.15) is 0 Å². The molecule has 2 atom stereocenters. The first-order valence-electron chi connectivity index (χ1n) is 6.99. The highest BCUT2D eigenvalue weighted by Gasteiger charge is 2.26. The van der Waals surface area contributed by atoms with Crippen molar-refractivity contribution in [3.05, 3.63) is 51.7 Å². The van der Waals surface area contributed by atoms with E-state index in [1.807, 2.05) is 35.6 Å². The topological polar surface area (TPSA) is 49.5 Å². The molecule has 3 rings (SSSR count). The van der Waals surface area contributed by atoms with Crippen LogP contribution >= 0.6 is 11.3 Å². The number of nitrogens with two attached hydrogens (primary N) is 1. The Morgan fingerprint density at radius 1 is 1.45 bits per heavy atom. The summed E-state index contributed by atoms with van der Waals surface area (Å²) in [6.07, 6.45) is 0.599. The fraction of sp³-hybridized carbons (Fsp3) is 0.375. The highest BCUT2D eigenvalue weighted by molar-refractivity contribution is 7.10. The molecule has 0 spiro atoms. The standard InChI is InChI=1S/C16H20N2OS/c1-11-14-6-8-20-16(14)5-7-18(11)10-15(19)12-3-2-4-13(17)9-12/h2-4,6,8-9,11,15,19H,5,7,10,17H2,1H3. The number of aliphatic hydroxyl groups excluding tert-OH is 1. The van der Waals surface area contributed by atoms with Gasteiger partial charge in [-0.2, -0.15) is 0 Å². The fourth-order valence-corrected chi connectivity index (χ4v) is 3.87. The second kappa shape index (κ2) is 5.56. The van der Waals surface area contributed by atoms with E-state index >= 15 is 0 Å². The van der Waals surface area contributed by atoms with E-state index in [0.29, 0.717) is 18.3 Å². The van der Waals surface area contributed by atoms with Crippen LogP contribution in [0.1, 0.15) is 35.1 Å². The van der Waals surface area contributed by atoms with Crippen molar-refractivity contribution in [2.24, 2.45) is 0 Å². The summed E-state index contributed by atoms with van der Waals surface area (Å²) in [7, 11) is 0. The zero-order chi connectivity index (χ0) is 14.1. The Kier molecular flexibility index (Phi) is 3.78. The first-order chi connectivity index (χ1) is 9.65. The monoisotopic (exact) mass is 288 g/mol. The van der Waals surface area contributed by atoms with Crippen molar-refractivity contribution < 1.29 is 5.11 Å². The molecule has 106 valence electrons. The van der Waals surface area contributed by atoms with Crippen LogP contribution in [-0.4, -0.2) is 23.1 Å². The summed E-state index contributed by atoms with van der Waals surface area (Å²) in [5, 5.41) is 12.6. The summed E-state index contributed by atoms with van der Waals surface area (Å²) in [5.41, 5.74) is 8.80. The van der Waals surface area contributed by atoms with Crippen molar-refractivity contribution in [1.82, 2.24) is 4.90 Å². The number of anilines is 1. The van der Waals surface area contributed by atoms with Crippen LogP contribution in [0.5, 0.6) is 0 Å². The lowest BCUT2D eigenvalue weighted by Gasteiger charge is -2.35. The Labute approximate surface area is 123 Å². The molecule has 4 heteroatoms. The van der Waals surface area contributed by atoms with E-state index < -0.39 is 6.10 Å². The summed E-state index contributed by atoms with van der Waals surface area (Å²) in [6, 6.07) is 10.1. The molecule has 1 aliphatic rings. The zero-order valence-corrected chi connectivity index (χ0v) is 12.4. The maximum absolute atomic E-state index is 10.4. The molecule has 1 aromatic heterocycles. The molecule has 0 saturated carbocycles. The normalized spacial score (nSPS) is 20.6. The molecular formula is C16H20N2OS. The minimum Gasteiger partial charge on any atom is -0.399 e. The van der Waals surface area contributed by atoms with Gasteiger partial charge in [-0.05, 0) is 48.1 Å². The third-order valence-electron chi connectivity index (χ3n) is 4.11. The Bertz CT molecular complexity index is 596. The number of aliphatic hydroxyl groups is 1. The van der Waals surface area contributed by atoms with E-state index in [1.54, 1.807) is 0 Å². The second-order valence-corrected chi connectivity index (χ2v) is 6.41. The Morgan fingerprint density at radius 2 is 2.30 bits per heavy atom. The summed E-state index contributed by atoms with van der Waals surface area (Å²) in [5.74, 6) is 0. The highest BCUT2D eigenvalue weighted by Crippen LogP contribution is 2.33. The number of β-amino-alcohol motifs (C(OH)–C–C–N with tert-alkyl or cyclic N) is 1. The third-order valence-corrected chi connectivity index (χ3v) is 5.10. The summed E-state index contributed by atoms with van der Waals surface area (Å²) in [6.45, 7) is 3.88. The van der Waals surface area contributed by atoms with Gasteiger partial charge < -0.3 is 10.8 Å². The van der Waals surface area contributed by atoms with Crippen LogP contribution in [0.2, 0.25) is 0 Å². The van der Waals surface area contributed by atoms with E-state index in [9.17, 15) is 5.11 Å². The molecule has 2 heterocycles. The number of rotatable bonds is 3. The quantitative estimate of drug-likeness (QED) is 0.854. The van der Waals surface area contributed by atoms with Gasteiger partial charge in [-0.1, -0.05) is 12.1 Å². The molecule has 0 saturated heterocycles. The number of fused-ring (bicyclic) bond motifs is 1. The lowest BCUT2D eigenvalue weighted by Crippen LogP contribution is -2.36. The maximum Gasteiger partial charge on any atom is 0.0917 e. The van der Waals surface area contributed by atoms with Crippen molar-refractivity contribution in [3.63, 3.8) is 0 Å².